The molecule has 1 aliphatic heterocycles. The average Bonchev–Trinajstić information content (AvgIpc) is 2.30. The predicted octanol–water partition coefficient (Wildman–Crippen LogP) is 1.29. The fourth-order valence-corrected chi connectivity index (χ4v) is 1.76. The summed E-state index contributed by atoms with van der Waals surface area (Å²) in [6, 6.07) is 4.47. The van der Waals surface area contributed by atoms with Gasteiger partial charge in [-0.05, 0) is 19.3 Å². The molecule has 0 N–H and O–H groups in total. The van der Waals surface area contributed by atoms with Gasteiger partial charge >= 0.3 is 0 Å². The molecule has 0 radical (unpaired) electrons. The van der Waals surface area contributed by atoms with Crippen LogP contribution in [0.1, 0.15) is 25.7 Å². The van der Waals surface area contributed by atoms with Crippen LogP contribution in [0, 0.1) is 22.7 Å². The lowest BCUT2D eigenvalue weighted by Crippen LogP contribution is -2.42. The normalized spacial score (nSPS) is 19.1. The summed E-state index contributed by atoms with van der Waals surface area (Å²) in [5.74, 6) is 0. The van der Waals surface area contributed by atoms with Crippen LogP contribution in [0.15, 0.2) is 0 Å². The van der Waals surface area contributed by atoms with Crippen molar-refractivity contribution in [1.29, 1.82) is 10.5 Å². The van der Waals surface area contributed by atoms with E-state index in [0.717, 1.165) is 45.6 Å². The van der Waals surface area contributed by atoms with Gasteiger partial charge in [0.05, 0.1) is 31.4 Å². The van der Waals surface area contributed by atoms with Gasteiger partial charge < -0.3 is 4.74 Å². The van der Waals surface area contributed by atoms with Crippen molar-refractivity contribution < 1.29 is 4.74 Å². The summed E-state index contributed by atoms with van der Waals surface area (Å²) in [6.07, 6.45) is 3.33. The largest absolute Gasteiger partial charge is 0.379 e. The highest BCUT2D eigenvalue weighted by Crippen LogP contribution is 2.11. The zero-order valence-electron chi connectivity index (χ0n) is 8.98. The van der Waals surface area contributed by atoms with Crippen LogP contribution in [0.4, 0.5) is 0 Å². The van der Waals surface area contributed by atoms with Crippen molar-refractivity contribution in [2.75, 3.05) is 26.3 Å². The Morgan fingerprint density at radius 1 is 1.20 bits per heavy atom. The van der Waals surface area contributed by atoms with Crippen molar-refractivity contribution in [3.63, 3.8) is 0 Å². The highest BCUT2D eigenvalue weighted by molar-refractivity contribution is 4.92. The summed E-state index contributed by atoms with van der Waals surface area (Å²) in [7, 11) is 0. The molecule has 0 aliphatic carbocycles. The Kier molecular flexibility index (Phi) is 5.77. The molecule has 1 fully saturated rings. The molecule has 0 aromatic rings. The molecule has 1 rings (SSSR count). The smallest absolute Gasteiger partial charge is 0.0979 e. The predicted molar refractivity (Wildman–Crippen MR) is 55.9 cm³/mol. The van der Waals surface area contributed by atoms with Crippen molar-refractivity contribution in [1.82, 2.24) is 4.90 Å². The Bertz CT molecular complexity index is 248. The second-order valence-electron chi connectivity index (χ2n) is 3.70. The van der Waals surface area contributed by atoms with Gasteiger partial charge in [0.2, 0.25) is 0 Å². The maximum absolute atomic E-state index is 9.04. The zero-order chi connectivity index (χ0) is 10.9. The van der Waals surface area contributed by atoms with Gasteiger partial charge in [0.1, 0.15) is 0 Å². The fourth-order valence-electron chi connectivity index (χ4n) is 1.76. The van der Waals surface area contributed by atoms with Crippen LogP contribution >= 0.6 is 0 Å². The van der Waals surface area contributed by atoms with Crippen molar-refractivity contribution >= 4 is 0 Å². The molecule has 82 valence electrons. The maximum Gasteiger partial charge on any atom is 0.0979 e. The van der Waals surface area contributed by atoms with Crippen LogP contribution in [-0.2, 0) is 4.74 Å². The Hall–Kier alpha value is -1.10. The number of ether oxygens (including phenoxy) is 1. The van der Waals surface area contributed by atoms with Crippen molar-refractivity contribution in [3.8, 4) is 12.1 Å². The van der Waals surface area contributed by atoms with Crippen molar-refractivity contribution in [2.45, 2.75) is 31.7 Å². The summed E-state index contributed by atoms with van der Waals surface area (Å²) in [5.41, 5.74) is 0. The van der Waals surface area contributed by atoms with E-state index in [0.29, 0.717) is 6.42 Å². The molecule has 1 heterocycles. The minimum Gasteiger partial charge on any atom is -0.379 e. The number of rotatable bonds is 5. The van der Waals surface area contributed by atoms with E-state index in [1.54, 1.807) is 0 Å². The van der Waals surface area contributed by atoms with E-state index in [-0.39, 0.29) is 6.04 Å². The molecule has 1 saturated heterocycles. The van der Waals surface area contributed by atoms with E-state index in [2.05, 4.69) is 17.0 Å². The first kappa shape index (κ1) is 12.0. The summed E-state index contributed by atoms with van der Waals surface area (Å²) in [6.45, 7) is 3.18. The topological polar surface area (TPSA) is 60.0 Å². The van der Waals surface area contributed by atoms with Gasteiger partial charge in [-0.15, -0.1) is 0 Å². The summed E-state index contributed by atoms with van der Waals surface area (Å²) < 4.78 is 5.24. The van der Waals surface area contributed by atoms with Crippen LogP contribution in [0.5, 0.6) is 0 Å². The molecular formula is C11H17N3O. The van der Waals surface area contributed by atoms with Gasteiger partial charge in [-0.3, -0.25) is 4.90 Å². The molecule has 0 aromatic heterocycles. The molecule has 1 atom stereocenters. The van der Waals surface area contributed by atoms with Gasteiger partial charge in [0.25, 0.3) is 0 Å². The third kappa shape index (κ3) is 4.29. The lowest BCUT2D eigenvalue weighted by Gasteiger charge is -2.30. The van der Waals surface area contributed by atoms with E-state index in [1.807, 2.05) is 0 Å². The second kappa shape index (κ2) is 7.23. The van der Waals surface area contributed by atoms with E-state index in [4.69, 9.17) is 15.3 Å². The van der Waals surface area contributed by atoms with Crippen LogP contribution in [0.2, 0.25) is 0 Å². The Morgan fingerprint density at radius 3 is 2.53 bits per heavy atom. The standard InChI is InChI=1S/C11H17N3O/c12-5-3-1-2-4-11(10-13)14-6-8-15-9-7-14/h11H,1-4,6-9H2. The number of nitrogens with zero attached hydrogens (tertiary/aromatic N) is 3. The highest BCUT2D eigenvalue weighted by atomic mass is 16.5. The van der Waals surface area contributed by atoms with Crippen LogP contribution in [0.25, 0.3) is 0 Å². The minimum absolute atomic E-state index is 0.00703. The molecule has 4 nitrogen and oxygen atoms in total. The molecular weight excluding hydrogens is 190 g/mol. The van der Waals surface area contributed by atoms with Crippen molar-refractivity contribution in [3.05, 3.63) is 0 Å². The van der Waals surface area contributed by atoms with Crippen molar-refractivity contribution in [2.24, 2.45) is 0 Å². The van der Waals surface area contributed by atoms with E-state index < -0.39 is 0 Å². The number of hydrogen-bond donors (Lipinski definition) is 0. The molecule has 15 heavy (non-hydrogen) atoms. The zero-order valence-corrected chi connectivity index (χ0v) is 8.98. The second-order valence-corrected chi connectivity index (χ2v) is 3.70. The Labute approximate surface area is 91.0 Å². The number of hydrogen-bond acceptors (Lipinski definition) is 4. The third-order valence-electron chi connectivity index (χ3n) is 2.65. The maximum atomic E-state index is 9.04. The minimum atomic E-state index is 0.00703. The number of unbranched alkanes of at least 4 members (excludes halogenated alkanes) is 2. The molecule has 0 spiro atoms. The van der Waals surface area contributed by atoms with E-state index in [9.17, 15) is 0 Å². The lowest BCUT2D eigenvalue weighted by atomic mass is 10.1. The number of nitriles is 2. The van der Waals surface area contributed by atoms with Gasteiger partial charge in [-0.25, -0.2) is 0 Å². The Balaban J connectivity index is 2.23. The van der Waals surface area contributed by atoms with E-state index in [1.165, 1.54) is 0 Å². The first-order chi connectivity index (χ1) is 7.38. The van der Waals surface area contributed by atoms with Gasteiger partial charge in [0.15, 0.2) is 0 Å². The first-order valence-electron chi connectivity index (χ1n) is 5.47. The summed E-state index contributed by atoms with van der Waals surface area (Å²) in [4.78, 5) is 2.18. The molecule has 0 bridgehead atoms. The Morgan fingerprint density at radius 2 is 1.93 bits per heavy atom. The fraction of sp³-hybridized carbons (Fsp3) is 0.818. The quantitative estimate of drug-likeness (QED) is 0.637. The molecule has 0 saturated carbocycles. The average molecular weight is 207 g/mol. The molecule has 4 heteroatoms. The molecule has 0 aromatic carbocycles. The first-order valence-corrected chi connectivity index (χ1v) is 5.47. The van der Waals surface area contributed by atoms with Crippen LogP contribution in [-0.4, -0.2) is 37.2 Å². The molecule has 0 amide bonds. The lowest BCUT2D eigenvalue weighted by molar-refractivity contribution is 0.0252. The number of morpholine rings is 1. The van der Waals surface area contributed by atoms with E-state index >= 15 is 0 Å². The van der Waals surface area contributed by atoms with Gasteiger partial charge in [-0.2, -0.15) is 10.5 Å². The summed E-state index contributed by atoms with van der Waals surface area (Å²) in [5, 5.41) is 17.4. The van der Waals surface area contributed by atoms with Crippen LogP contribution < -0.4 is 0 Å². The van der Waals surface area contributed by atoms with Gasteiger partial charge in [0, 0.05) is 19.5 Å². The van der Waals surface area contributed by atoms with Gasteiger partial charge in [-0.1, -0.05) is 0 Å². The van der Waals surface area contributed by atoms with Crippen LogP contribution in [0.3, 0.4) is 0 Å². The molecule has 1 aliphatic rings. The third-order valence-corrected chi connectivity index (χ3v) is 2.65. The highest BCUT2D eigenvalue weighted by Gasteiger charge is 2.19. The summed E-state index contributed by atoms with van der Waals surface area (Å²) >= 11 is 0. The molecule has 1 unspecified atom stereocenters. The monoisotopic (exact) mass is 207 g/mol. The SMILES string of the molecule is N#CCCCCC(C#N)N1CCOCC1.